The van der Waals surface area contributed by atoms with Crippen molar-refractivity contribution < 1.29 is 18.9 Å². The summed E-state index contributed by atoms with van der Waals surface area (Å²) >= 11 is 0. The van der Waals surface area contributed by atoms with Crippen molar-refractivity contribution in [3.63, 3.8) is 0 Å². The number of hydrogen-bond acceptors (Lipinski definition) is 5. The summed E-state index contributed by atoms with van der Waals surface area (Å²) in [5.41, 5.74) is 2.99. The van der Waals surface area contributed by atoms with Gasteiger partial charge in [0, 0.05) is 20.5 Å². The Morgan fingerprint density at radius 1 is 1.12 bits per heavy atom. The van der Waals surface area contributed by atoms with Gasteiger partial charge in [-0.15, -0.1) is 0 Å². The smallest absolute Gasteiger partial charge is 0.404 e. The lowest BCUT2D eigenvalue weighted by Crippen LogP contribution is -2.65. The number of nitrogens with one attached hydrogen (secondary N) is 1. The van der Waals surface area contributed by atoms with E-state index in [9.17, 15) is 14.9 Å². The van der Waals surface area contributed by atoms with E-state index in [1.807, 2.05) is 48.5 Å². The number of carbonyl (C=O) groups excluding carboxylic acids is 2. The average molecular weight is 568 g/mol. The highest BCUT2D eigenvalue weighted by Crippen LogP contribution is 2.65. The molecule has 4 aliphatic rings. The highest BCUT2D eigenvalue weighted by molar-refractivity contribution is 6.48. The molecular formula is C34H42BN3O4. The summed E-state index contributed by atoms with van der Waals surface area (Å²) in [7, 11) is 2.77. The van der Waals surface area contributed by atoms with E-state index in [0.717, 1.165) is 23.1 Å². The lowest BCUT2D eigenvalue weighted by atomic mass is 9.43. The Kier molecular flexibility index (Phi) is 8.64. The molecule has 2 aromatic rings. The zero-order valence-corrected chi connectivity index (χ0v) is 25.4. The van der Waals surface area contributed by atoms with Crippen LogP contribution in [0.25, 0.3) is 6.08 Å². The van der Waals surface area contributed by atoms with E-state index >= 15 is 0 Å². The fourth-order valence-electron chi connectivity index (χ4n) is 7.27. The van der Waals surface area contributed by atoms with Gasteiger partial charge in [0.25, 0.3) is 5.91 Å². The van der Waals surface area contributed by atoms with Gasteiger partial charge in [-0.25, -0.2) is 0 Å². The SMILES string of the molecule is CN(C)C(=O)C(C#N)=Cc1cccc(CCCC(=O)N[C@@H](Cc2ccccc2)B2O[C@@H]3C[C@@H]4C[C@@H](C4(C)C)[C@]3(C)O2)c1. The van der Waals surface area contributed by atoms with Crippen LogP contribution in [0, 0.1) is 28.6 Å². The quantitative estimate of drug-likeness (QED) is 0.248. The average Bonchev–Trinajstić information content (AvgIpc) is 3.33. The molecule has 0 aromatic heterocycles. The molecule has 1 N–H and O–H groups in total. The van der Waals surface area contributed by atoms with Crippen LogP contribution in [0.4, 0.5) is 0 Å². The van der Waals surface area contributed by atoms with E-state index in [4.69, 9.17) is 9.31 Å². The van der Waals surface area contributed by atoms with Gasteiger partial charge in [0.05, 0.1) is 17.6 Å². The molecule has 42 heavy (non-hydrogen) atoms. The Bertz CT molecular complexity index is 1380. The zero-order chi connectivity index (χ0) is 30.1. The molecule has 5 atom stereocenters. The number of nitriles is 1. The largest absolute Gasteiger partial charge is 0.482 e. The number of hydrogen-bond donors (Lipinski definition) is 1. The second-order valence-corrected chi connectivity index (χ2v) is 13.2. The molecule has 4 fully saturated rings. The number of rotatable bonds is 10. The Hall–Kier alpha value is -3.41. The molecule has 2 aromatic carbocycles. The standard InChI is InChI=1S/C34H42BN3O4/c1-33(2)27-20-28(33)34(3)29(21-27)41-35(42-34)30(19-24-11-7-6-8-12-24)37-31(39)16-10-14-23-13-9-15-25(17-23)18-26(22-36)32(40)38(4)5/h6-9,11-13,15,17-18,27-30H,10,14,16,19-21H2,1-5H3,(H,37,39)/t27-,28-,29+,30-,34-/m0/s1. The van der Waals surface area contributed by atoms with Crippen LogP contribution in [-0.4, -0.2) is 55.6 Å². The van der Waals surface area contributed by atoms with E-state index in [-0.39, 0.29) is 40.4 Å². The molecule has 0 radical (unpaired) electrons. The molecule has 220 valence electrons. The highest BCUT2D eigenvalue weighted by Gasteiger charge is 2.68. The predicted octanol–water partition coefficient (Wildman–Crippen LogP) is 5.00. The number of likely N-dealkylation sites (N-methyl/N-ethyl adjacent to an activating group) is 1. The molecule has 8 heteroatoms. The molecule has 3 aliphatic carbocycles. The van der Waals surface area contributed by atoms with Crippen molar-refractivity contribution in [2.75, 3.05) is 14.1 Å². The predicted molar refractivity (Wildman–Crippen MR) is 164 cm³/mol. The highest BCUT2D eigenvalue weighted by atomic mass is 16.7. The lowest BCUT2D eigenvalue weighted by Gasteiger charge is -2.64. The minimum atomic E-state index is -0.484. The summed E-state index contributed by atoms with van der Waals surface area (Å²) in [5.74, 6) is 0.498. The van der Waals surface area contributed by atoms with Crippen LogP contribution in [0.15, 0.2) is 60.2 Å². The van der Waals surface area contributed by atoms with Gasteiger partial charge in [0.2, 0.25) is 5.91 Å². The van der Waals surface area contributed by atoms with Crippen LogP contribution in [0.5, 0.6) is 0 Å². The monoisotopic (exact) mass is 567 g/mol. The van der Waals surface area contributed by atoms with Crippen molar-refractivity contribution in [2.24, 2.45) is 17.3 Å². The molecule has 1 saturated heterocycles. The third-order valence-corrected chi connectivity index (χ3v) is 9.83. The van der Waals surface area contributed by atoms with Gasteiger partial charge in [-0.3, -0.25) is 9.59 Å². The second kappa shape index (κ2) is 12.1. The van der Waals surface area contributed by atoms with E-state index in [1.54, 1.807) is 20.2 Å². The van der Waals surface area contributed by atoms with Gasteiger partial charge in [0.1, 0.15) is 11.6 Å². The molecule has 1 aliphatic heterocycles. The third kappa shape index (κ3) is 6.04. The molecule has 1 heterocycles. The van der Waals surface area contributed by atoms with Crippen LogP contribution >= 0.6 is 0 Å². The first-order chi connectivity index (χ1) is 20.0. The summed E-state index contributed by atoms with van der Waals surface area (Å²) < 4.78 is 13.3. The van der Waals surface area contributed by atoms with Crippen LogP contribution in [-0.2, 0) is 31.7 Å². The maximum Gasteiger partial charge on any atom is 0.482 e. The van der Waals surface area contributed by atoms with Gasteiger partial charge in [0.15, 0.2) is 0 Å². The normalized spacial score (nSPS) is 26.4. The van der Waals surface area contributed by atoms with Crippen molar-refractivity contribution in [1.82, 2.24) is 10.2 Å². The number of benzene rings is 2. The Labute approximate surface area is 250 Å². The van der Waals surface area contributed by atoms with Crippen molar-refractivity contribution in [3.05, 3.63) is 76.9 Å². The van der Waals surface area contributed by atoms with Gasteiger partial charge >= 0.3 is 7.12 Å². The molecule has 0 spiro atoms. The molecular weight excluding hydrogens is 525 g/mol. The summed E-state index contributed by atoms with van der Waals surface area (Å²) in [6.45, 7) is 6.91. The minimum absolute atomic E-state index is 0.0211. The summed E-state index contributed by atoms with van der Waals surface area (Å²) in [5, 5.41) is 12.7. The fraction of sp³-hybridized carbons (Fsp3) is 0.500. The van der Waals surface area contributed by atoms with Crippen molar-refractivity contribution in [3.8, 4) is 6.07 Å². The third-order valence-electron chi connectivity index (χ3n) is 9.83. The van der Waals surface area contributed by atoms with Gasteiger partial charge in [-0.2, -0.15) is 5.26 Å². The number of amides is 2. The van der Waals surface area contributed by atoms with Crippen molar-refractivity contribution >= 4 is 25.0 Å². The number of aryl methyl sites for hydroxylation is 1. The molecule has 7 nitrogen and oxygen atoms in total. The van der Waals surface area contributed by atoms with E-state index in [1.165, 1.54) is 11.3 Å². The van der Waals surface area contributed by atoms with Crippen LogP contribution in [0.1, 0.15) is 63.1 Å². The topological polar surface area (TPSA) is 91.7 Å². The van der Waals surface area contributed by atoms with Gasteiger partial charge in [-0.1, -0.05) is 68.4 Å². The maximum absolute atomic E-state index is 13.2. The zero-order valence-electron chi connectivity index (χ0n) is 25.4. The van der Waals surface area contributed by atoms with Crippen LogP contribution in [0.2, 0.25) is 0 Å². The van der Waals surface area contributed by atoms with E-state index < -0.39 is 7.12 Å². The Balaban J connectivity index is 1.21. The summed E-state index contributed by atoms with van der Waals surface area (Å²) in [4.78, 5) is 26.9. The number of carbonyl (C=O) groups is 2. The second-order valence-electron chi connectivity index (χ2n) is 13.2. The first-order valence-corrected chi connectivity index (χ1v) is 15.1. The fourth-order valence-corrected chi connectivity index (χ4v) is 7.27. The Morgan fingerprint density at radius 3 is 2.55 bits per heavy atom. The summed E-state index contributed by atoms with van der Waals surface area (Å²) in [6.07, 6.45) is 6.25. The van der Waals surface area contributed by atoms with E-state index in [0.29, 0.717) is 37.5 Å². The molecule has 6 rings (SSSR count). The molecule has 2 bridgehead atoms. The molecule has 2 amide bonds. The molecule has 0 unspecified atom stereocenters. The van der Waals surface area contributed by atoms with Crippen LogP contribution < -0.4 is 5.32 Å². The minimum Gasteiger partial charge on any atom is -0.404 e. The van der Waals surface area contributed by atoms with Crippen molar-refractivity contribution in [2.45, 2.75) is 76.9 Å². The maximum atomic E-state index is 13.2. The lowest BCUT2D eigenvalue weighted by molar-refractivity contribution is -0.199. The summed E-state index contributed by atoms with van der Waals surface area (Å²) in [6, 6.07) is 19.9. The van der Waals surface area contributed by atoms with Crippen LogP contribution in [0.3, 0.4) is 0 Å². The number of nitrogens with zero attached hydrogens (tertiary/aromatic N) is 2. The first-order valence-electron chi connectivity index (χ1n) is 15.1. The first kappa shape index (κ1) is 30.1. The molecule has 3 saturated carbocycles. The van der Waals surface area contributed by atoms with E-state index in [2.05, 4.69) is 38.2 Å². The van der Waals surface area contributed by atoms with Gasteiger partial charge in [-0.05, 0) is 79.0 Å². The van der Waals surface area contributed by atoms with Gasteiger partial charge < -0.3 is 19.5 Å². The Morgan fingerprint density at radius 2 is 1.86 bits per heavy atom. The van der Waals surface area contributed by atoms with Crippen molar-refractivity contribution in [1.29, 1.82) is 5.26 Å².